The van der Waals surface area contributed by atoms with E-state index in [0.29, 0.717) is 15.1 Å². The average molecular weight is 411 g/mol. The van der Waals surface area contributed by atoms with Gasteiger partial charge in [-0.05, 0) is 46.6 Å². The lowest BCUT2D eigenvalue weighted by Crippen LogP contribution is -2.15. The van der Waals surface area contributed by atoms with Crippen molar-refractivity contribution < 1.29 is 8.42 Å². The summed E-state index contributed by atoms with van der Waals surface area (Å²) in [6.07, 6.45) is 1.32. The van der Waals surface area contributed by atoms with E-state index in [-0.39, 0.29) is 21.4 Å². The number of nitrogens with one attached hydrogen (secondary N) is 1. The molecule has 1 aromatic carbocycles. The summed E-state index contributed by atoms with van der Waals surface area (Å²) in [6, 6.07) is 4.33. The zero-order valence-corrected chi connectivity index (χ0v) is 14.6. The molecule has 0 bridgehead atoms. The van der Waals surface area contributed by atoms with Crippen LogP contribution in [0.3, 0.4) is 0 Å². The van der Waals surface area contributed by atoms with Gasteiger partial charge >= 0.3 is 0 Å². The number of aryl methyl sites for hydroxylation is 1. The van der Waals surface area contributed by atoms with Crippen LogP contribution in [0.15, 0.2) is 33.8 Å². The monoisotopic (exact) mass is 409 g/mol. The van der Waals surface area contributed by atoms with Crippen LogP contribution in [0.5, 0.6) is 0 Å². The van der Waals surface area contributed by atoms with E-state index in [1.807, 2.05) is 0 Å². The van der Waals surface area contributed by atoms with Crippen molar-refractivity contribution in [1.29, 1.82) is 0 Å². The first-order chi connectivity index (χ1) is 9.70. The quantitative estimate of drug-likeness (QED) is 0.594. The molecule has 0 radical (unpaired) electrons. The largest absolute Gasteiger partial charge is 0.397 e. The van der Waals surface area contributed by atoms with Crippen molar-refractivity contribution in [3.8, 4) is 0 Å². The first-order valence-electron chi connectivity index (χ1n) is 5.60. The number of aromatic nitrogens is 1. The van der Waals surface area contributed by atoms with Crippen LogP contribution in [0, 0.1) is 6.92 Å². The van der Waals surface area contributed by atoms with Gasteiger partial charge in [0, 0.05) is 0 Å². The summed E-state index contributed by atoms with van der Waals surface area (Å²) >= 11 is 14.8. The number of nitrogens with two attached hydrogens (primary N) is 1. The number of halogens is 3. The van der Waals surface area contributed by atoms with E-state index >= 15 is 0 Å². The van der Waals surface area contributed by atoms with Crippen LogP contribution in [0.25, 0.3) is 0 Å². The first-order valence-corrected chi connectivity index (χ1v) is 8.63. The molecule has 2 aromatic rings. The molecule has 3 N–H and O–H groups in total. The molecule has 0 spiro atoms. The van der Waals surface area contributed by atoms with Crippen molar-refractivity contribution in [3.63, 3.8) is 0 Å². The molecular formula is C12H10BrCl2N3O2S. The highest BCUT2D eigenvalue weighted by Crippen LogP contribution is 2.29. The van der Waals surface area contributed by atoms with Gasteiger partial charge in [-0.15, -0.1) is 0 Å². The Balaban J connectivity index is 2.43. The lowest BCUT2D eigenvalue weighted by molar-refractivity contribution is 0.600. The number of hydrogen-bond acceptors (Lipinski definition) is 4. The lowest BCUT2D eigenvalue weighted by atomic mass is 10.2. The van der Waals surface area contributed by atoms with Gasteiger partial charge in [0.05, 0.1) is 32.0 Å². The highest BCUT2D eigenvalue weighted by molar-refractivity contribution is 9.10. The summed E-state index contributed by atoms with van der Waals surface area (Å²) in [5.41, 5.74) is 6.62. The van der Waals surface area contributed by atoms with E-state index in [9.17, 15) is 8.42 Å². The molecule has 0 saturated heterocycles. The smallest absolute Gasteiger partial charge is 0.262 e. The minimum Gasteiger partial charge on any atom is -0.397 e. The Morgan fingerprint density at radius 2 is 1.95 bits per heavy atom. The number of nitrogens with zero attached hydrogens (tertiary/aromatic N) is 1. The Kier molecular flexibility index (Phi) is 4.67. The van der Waals surface area contributed by atoms with E-state index < -0.39 is 10.0 Å². The van der Waals surface area contributed by atoms with E-state index in [4.69, 9.17) is 28.9 Å². The molecule has 2 rings (SSSR count). The second kappa shape index (κ2) is 6.00. The van der Waals surface area contributed by atoms with Crippen molar-refractivity contribution in [1.82, 2.24) is 4.98 Å². The number of sulfonamides is 1. The zero-order chi connectivity index (χ0) is 15.8. The molecule has 9 heteroatoms. The standard InChI is InChI=1S/C12H10BrCl2N3O2S/c1-6-2-9(14)10(16)4-11(6)21(19,20)18-7-3-8(13)12(15)17-5-7/h2-5,18H,16H2,1H3. The van der Waals surface area contributed by atoms with Gasteiger partial charge in [0.25, 0.3) is 10.0 Å². The summed E-state index contributed by atoms with van der Waals surface area (Å²) in [6.45, 7) is 1.63. The van der Waals surface area contributed by atoms with Crippen molar-refractivity contribution >= 4 is 60.5 Å². The molecule has 0 amide bonds. The lowest BCUT2D eigenvalue weighted by Gasteiger charge is -2.12. The second-order valence-electron chi connectivity index (χ2n) is 4.24. The highest BCUT2D eigenvalue weighted by atomic mass is 79.9. The third-order valence-corrected chi connectivity index (χ3v) is 5.62. The van der Waals surface area contributed by atoms with Crippen LogP contribution in [0.1, 0.15) is 5.56 Å². The number of anilines is 2. The number of nitrogen functional groups attached to an aromatic ring is 1. The molecule has 0 saturated carbocycles. The van der Waals surface area contributed by atoms with Crippen LogP contribution in [0.4, 0.5) is 11.4 Å². The maximum Gasteiger partial charge on any atom is 0.262 e. The Bertz CT molecular complexity index is 812. The van der Waals surface area contributed by atoms with Gasteiger partial charge in [-0.1, -0.05) is 23.2 Å². The van der Waals surface area contributed by atoms with Crippen molar-refractivity contribution in [2.24, 2.45) is 0 Å². The van der Waals surface area contributed by atoms with Gasteiger partial charge in [0.1, 0.15) is 5.15 Å². The number of hydrogen-bond donors (Lipinski definition) is 2. The Labute approximate surface area is 140 Å². The van der Waals surface area contributed by atoms with E-state index in [1.54, 1.807) is 6.92 Å². The van der Waals surface area contributed by atoms with Crippen LogP contribution < -0.4 is 10.5 Å². The van der Waals surface area contributed by atoms with Crippen LogP contribution in [0.2, 0.25) is 10.2 Å². The van der Waals surface area contributed by atoms with Gasteiger partial charge < -0.3 is 5.73 Å². The van der Waals surface area contributed by atoms with Crippen molar-refractivity contribution in [2.45, 2.75) is 11.8 Å². The van der Waals surface area contributed by atoms with Crippen molar-refractivity contribution in [2.75, 3.05) is 10.5 Å². The number of pyridine rings is 1. The molecule has 0 aliphatic carbocycles. The number of benzene rings is 1. The zero-order valence-electron chi connectivity index (χ0n) is 10.7. The molecule has 0 aliphatic heterocycles. The van der Waals surface area contributed by atoms with E-state index in [2.05, 4.69) is 25.6 Å². The average Bonchev–Trinajstić information content (AvgIpc) is 2.37. The molecule has 1 heterocycles. The van der Waals surface area contributed by atoms with Crippen LogP contribution in [-0.2, 0) is 10.0 Å². The fraction of sp³-hybridized carbons (Fsp3) is 0.0833. The summed E-state index contributed by atoms with van der Waals surface area (Å²) < 4.78 is 27.7. The fourth-order valence-corrected chi connectivity index (χ4v) is 3.61. The minimum absolute atomic E-state index is 0.0514. The predicted molar refractivity (Wildman–Crippen MR) is 88.4 cm³/mol. The van der Waals surface area contributed by atoms with Gasteiger partial charge in [-0.2, -0.15) is 0 Å². The molecule has 1 aromatic heterocycles. The van der Waals surface area contributed by atoms with Crippen LogP contribution >= 0.6 is 39.1 Å². The van der Waals surface area contributed by atoms with Gasteiger partial charge in [0.15, 0.2) is 0 Å². The normalized spacial score (nSPS) is 11.4. The second-order valence-corrected chi connectivity index (χ2v) is 7.51. The fourth-order valence-electron chi connectivity index (χ4n) is 1.65. The summed E-state index contributed by atoms with van der Waals surface area (Å²) in [4.78, 5) is 3.91. The predicted octanol–water partition coefficient (Wildman–Crippen LogP) is 3.84. The molecule has 0 atom stereocenters. The molecule has 0 fully saturated rings. The Morgan fingerprint density at radius 3 is 2.57 bits per heavy atom. The first kappa shape index (κ1) is 16.4. The summed E-state index contributed by atoms with van der Waals surface area (Å²) in [7, 11) is -3.81. The SMILES string of the molecule is Cc1cc(Cl)c(N)cc1S(=O)(=O)Nc1cnc(Cl)c(Br)c1. The Hall–Kier alpha value is -1.02. The molecule has 21 heavy (non-hydrogen) atoms. The third kappa shape index (κ3) is 3.60. The summed E-state index contributed by atoms with van der Waals surface area (Å²) in [5.74, 6) is 0. The minimum atomic E-state index is -3.81. The van der Waals surface area contributed by atoms with Crippen LogP contribution in [-0.4, -0.2) is 13.4 Å². The van der Waals surface area contributed by atoms with E-state index in [0.717, 1.165) is 0 Å². The summed E-state index contributed by atoms with van der Waals surface area (Å²) in [5, 5.41) is 0.548. The topological polar surface area (TPSA) is 85.1 Å². The highest BCUT2D eigenvalue weighted by Gasteiger charge is 2.19. The Morgan fingerprint density at radius 1 is 1.29 bits per heavy atom. The maximum atomic E-state index is 12.4. The van der Waals surface area contributed by atoms with Gasteiger partial charge in [-0.25, -0.2) is 13.4 Å². The van der Waals surface area contributed by atoms with E-state index in [1.165, 1.54) is 24.4 Å². The molecule has 112 valence electrons. The maximum absolute atomic E-state index is 12.4. The molecule has 0 aliphatic rings. The van der Waals surface area contributed by atoms with Crippen molar-refractivity contribution in [3.05, 3.63) is 44.6 Å². The number of rotatable bonds is 3. The molecular weight excluding hydrogens is 401 g/mol. The van der Waals surface area contributed by atoms with Gasteiger partial charge in [-0.3, -0.25) is 4.72 Å². The van der Waals surface area contributed by atoms with Gasteiger partial charge in [0.2, 0.25) is 0 Å². The third-order valence-electron chi connectivity index (χ3n) is 2.63. The molecule has 5 nitrogen and oxygen atoms in total. The molecule has 0 unspecified atom stereocenters.